The molecule has 0 heterocycles. The fraction of sp³-hybridized carbons (Fsp3) is 1.00. The van der Waals surface area contributed by atoms with E-state index in [2.05, 4.69) is 38.3 Å². The Bertz CT molecular complexity index is 208. The second-order valence-electron chi connectivity index (χ2n) is 6.04. The van der Waals surface area contributed by atoms with Crippen LogP contribution in [-0.4, -0.2) is 30.6 Å². The van der Waals surface area contributed by atoms with Gasteiger partial charge in [0.05, 0.1) is 0 Å². The average Bonchev–Trinajstić information content (AvgIpc) is 2.32. The summed E-state index contributed by atoms with van der Waals surface area (Å²) in [5.74, 6) is 6.71. The van der Waals surface area contributed by atoms with Gasteiger partial charge in [-0.3, -0.25) is 11.3 Å². The molecule has 1 atom stereocenters. The third-order valence-electron chi connectivity index (χ3n) is 4.73. The molecule has 102 valence electrons. The first-order valence-electron chi connectivity index (χ1n) is 7.20. The van der Waals surface area contributed by atoms with Crippen LogP contribution in [0.3, 0.4) is 0 Å². The Morgan fingerprint density at radius 1 is 1.35 bits per heavy atom. The van der Waals surface area contributed by atoms with Gasteiger partial charge >= 0.3 is 0 Å². The largest absolute Gasteiger partial charge is 0.302 e. The Kier molecular flexibility index (Phi) is 5.90. The highest BCUT2D eigenvalue weighted by Crippen LogP contribution is 2.38. The van der Waals surface area contributed by atoms with E-state index in [4.69, 9.17) is 5.84 Å². The molecule has 0 aromatic carbocycles. The van der Waals surface area contributed by atoms with E-state index in [9.17, 15) is 0 Å². The van der Waals surface area contributed by atoms with Gasteiger partial charge in [-0.15, -0.1) is 0 Å². The zero-order valence-electron chi connectivity index (χ0n) is 12.1. The third kappa shape index (κ3) is 3.43. The highest BCUT2D eigenvalue weighted by Gasteiger charge is 2.42. The first kappa shape index (κ1) is 14.9. The van der Waals surface area contributed by atoms with E-state index in [0.29, 0.717) is 6.04 Å². The van der Waals surface area contributed by atoms with E-state index in [0.717, 1.165) is 5.92 Å². The lowest BCUT2D eigenvalue weighted by molar-refractivity contribution is 0.0396. The molecule has 1 unspecified atom stereocenters. The number of nitrogens with one attached hydrogen (secondary N) is 1. The summed E-state index contributed by atoms with van der Waals surface area (Å²) >= 11 is 0. The van der Waals surface area contributed by atoms with Gasteiger partial charge in [0, 0.05) is 11.6 Å². The van der Waals surface area contributed by atoms with Crippen molar-refractivity contribution in [2.45, 2.75) is 70.4 Å². The van der Waals surface area contributed by atoms with Gasteiger partial charge in [0.2, 0.25) is 0 Å². The summed E-state index contributed by atoms with van der Waals surface area (Å²) in [7, 11) is 4.43. The van der Waals surface area contributed by atoms with Crippen molar-refractivity contribution in [2.75, 3.05) is 14.1 Å². The molecule has 1 rings (SSSR count). The van der Waals surface area contributed by atoms with E-state index in [-0.39, 0.29) is 5.54 Å². The Labute approximate surface area is 107 Å². The number of unbranched alkanes of at least 4 members (excludes halogenated alkanes) is 1. The molecule has 0 spiro atoms. The minimum absolute atomic E-state index is 0.274. The van der Waals surface area contributed by atoms with Crippen LogP contribution >= 0.6 is 0 Å². The van der Waals surface area contributed by atoms with Gasteiger partial charge in [0.25, 0.3) is 0 Å². The molecule has 0 bridgehead atoms. The second-order valence-corrected chi connectivity index (χ2v) is 6.04. The summed E-state index contributed by atoms with van der Waals surface area (Å²) in [4.78, 5) is 2.42. The van der Waals surface area contributed by atoms with Gasteiger partial charge in [-0.1, -0.05) is 26.7 Å². The normalized spacial score (nSPS) is 31.8. The molecule has 1 fully saturated rings. The van der Waals surface area contributed by atoms with Crippen LogP contribution < -0.4 is 11.3 Å². The summed E-state index contributed by atoms with van der Waals surface area (Å²) in [5, 5.41) is 0. The first-order valence-corrected chi connectivity index (χ1v) is 7.20. The van der Waals surface area contributed by atoms with Crippen molar-refractivity contribution in [3.63, 3.8) is 0 Å². The molecule has 0 saturated heterocycles. The Balaban J connectivity index is 2.74. The van der Waals surface area contributed by atoms with Crippen LogP contribution in [-0.2, 0) is 0 Å². The zero-order valence-corrected chi connectivity index (χ0v) is 12.1. The van der Waals surface area contributed by atoms with Gasteiger partial charge in [0.1, 0.15) is 0 Å². The van der Waals surface area contributed by atoms with Crippen molar-refractivity contribution < 1.29 is 0 Å². The second kappa shape index (κ2) is 6.72. The fourth-order valence-electron chi connectivity index (χ4n) is 3.28. The van der Waals surface area contributed by atoms with Crippen molar-refractivity contribution in [1.82, 2.24) is 10.3 Å². The highest BCUT2D eigenvalue weighted by molar-refractivity contribution is 5.00. The van der Waals surface area contributed by atoms with Gasteiger partial charge in [-0.2, -0.15) is 0 Å². The van der Waals surface area contributed by atoms with Gasteiger partial charge in [0.15, 0.2) is 0 Å². The number of hydrazine groups is 1. The van der Waals surface area contributed by atoms with Crippen LogP contribution in [0.5, 0.6) is 0 Å². The molecule has 3 N–H and O–H groups in total. The molecule has 0 radical (unpaired) electrons. The van der Waals surface area contributed by atoms with Crippen LogP contribution in [0.1, 0.15) is 58.8 Å². The number of hydrogen-bond acceptors (Lipinski definition) is 3. The standard InChI is InChI=1S/C14H31N3/c1-5-6-7-13(16-15)14(17(3)4)10-8-12(2)9-11-14/h12-13,16H,5-11,15H2,1-4H3. The summed E-state index contributed by atoms with van der Waals surface area (Å²) < 4.78 is 0. The molecule has 0 aliphatic heterocycles. The Morgan fingerprint density at radius 2 is 1.94 bits per heavy atom. The van der Waals surface area contributed by atoms with Crippen LogP contribution in [0, 0.1) is 5.92 Å². The van der Waals surface area contributed by atoms with E-state index in [1.54, 1.807) is 0 Å². The van der Waals surface area contributed by atoms with Gasteiger partial charge in [-0.25, -0.2) is 0 Å². The van der Waals surface area contributed by atoms with E-state index in [1.807, 2.05) is 0 Å². The minimum Gasteiger partial charge on any atom is -0.302 e. The number of hydrogen-bond donors (Lipinski definition) is 2. The molecule has 0 amide bonds. The van der Waals surface area contributed by atoms with Crippen molar-refractivity contribution >= 4 is 0 Å². The lowest BCUT2D eigenvalue weighted by Gasteiger charge is -2.49. The van der Waals surface area contributed by atoms with Crippen LogP contribution in [0.2, 0.25) is 0 Å². The fourth-order valence-corrected chi connectivity index (χ4v) is 3.28. The highest BCUT2D eigenvalue weighted by atomic mass is 15.3. The van der Waals surface area contributed by atoms with Crippen molar-refractivity contribution in [1.29, 1.82) is 0 Å². The van der Waals surface area contributed by atoms with Gasteiger partial charge < -0.3 is 4.90 Å². The molecule has 1 saturated carbocycles. The maximum absolute atomic E-state index is 5.83. The molecular weight excluding hydrogens is 210 g/mol. The van der Waals surface area contributed by atoms with Gasteiger partial charge in [-0.05, 0) is 52.1 Å². The maximum atomic E-state index is 5.83. The van der Waals surface area contributed by atoms with E-state index >= 15 is 0 Å². The molecule has 17 heavy (non-hydrogen) atoms. The van der Waals surface area contributed by atoms with Crippen LogP contribution in [0.15, 0.2) is 0 Å². The molecule has 1 aliphatic rings. The molecular formula is C14H31N3. The summed E-state index contributed by atoms with van der Waals surface area (Å²) in [6.07, 6.45) is 8.93. The van der Waals surface area contributed by atoms with E-state index in [1.165, 1.54) is 44.9 Å². The van der Waals surface area contributed by atoms with Crippen molar-refractivity contribution in [2.24, 2.45) is 11.8 Å². The Hall–Kier alpha value is -0.120. The number of rotatable bonds is 6. The van der Waals surface area contributed by atoms with Crippen molar-refractivity contribution in [3.8, 4) is 0 Å². The molecule has 0 aromatic heterocycles. The minimum atomic E-state index is 0.274. The predicted molar refractivity (Wildman–Crippen MR) is 74.7 cm³/mol. The third-order valence-corrected chi connectivity index (χ3v) is 4.73. The Morgan fingerprint density at radius 3 is 2.35 bits per heavy atom. The average molecular weight is 241 g/mol. The smallest absolute Gasteiger partial charge is 0.0394 e. The number of nitrogens with two attached hydrogens (primary N) is 1. The summed E-state index contributed by atoms with van der Waals surface area (Å²) in [6, 6.07) is 0.435. The van der Waals surface area contributed by atoms with Crippen molar-refractivity contribution in [3.05, 3.63) is 0 Å². The quantitative estimate of drug-likeness (QED) is 0.554. The maximum Gasteiger partial charge on any atom is 0.0394 e. The van der Waals surface area contributed by atoms with E-state index < -0.39 is 0 Å². The summed E-state index contributed by atoms with van der Waals surface area (Å²) in [6.45, 7) is 4.62. The monoisotopic (exact) mass is 241 g/mol. The SMILES string of the molecule is CCCCC(NN)C1(N(C)C)CCC(C)CC1. The molecule has 3 heteroatoms. The molecule has 0 aromatic rings. The molecule has 3 nitrogen and oxygen atoms in total. The summed E-state index contributed by atoms with van der Waals surface area (Å²) in [5.41, 5.74) is 3.38. The van der Waals surface area contributed by atoms with Crippen LogP contribution in [0.4, 0.5) is 0 Å². The zero-order chi connectivity index (χ0) is 12.9. The number of nitrogens with zero attached hydrogens (tertiary/aromatic N) is 1. The lowest BCUT2D eigenvalue weighted by atomic mass is 9.71. The number of likely N-dealkylation sites (N-methyl/N-ethyl adjacent to an activating group) is 1. The topological polar surface area (TPSA) is 41.3 Å². The molecule has 1 aliphatic carbocycles. The first-order chi connectivity index (χ1) is 8.06. The van der Waals surface area contributed by atoms with Crippen LogP contribution in [0.25, 0.3) is 0 Å². The predicted octanol–water partition coefficient (Wildman–Crippen LogP) is 2.52. The lowest BCUT2D eigenvalue weighted by Crippen LogP contribution is -2.61.